The molecule has 43 heavy (non-hydrogen) atoms. The Morgan fingerprint density at radius 2 is 1.72 bits per heavy atom. The molecule has 14 atom stereocenters. The van der Waals surface area contributed by atoms with Gasteiger partial charge in [0, 0.05) is 11.3 Å². The van der Waals surface area contributed by atoms with Crippen molar-refractivity contribution in [3.8, 4) is 0 Å². The van der Waals surface area contributed by atoms with Crippen LogP contribution < -0.4 is 0 Å². The maximum atomic E-state index is 13.4. The van der Waals surface area contributed by atoms with Crippen molar-refractivity contribution in [3.05, 3.63) is 11.6 Å². The van der Waals surface area contributed by atoms with E-state index in [1.54, 1.807) is 19.9 Å². The summed E-state index contributed by atoms with van der Waals surface area (Å²) in [5.74, 6) is -0.155. The van der Waals surface area contributed by atoms with Gasteiger partial charge in [0.05, 0.1) is 30.0 Å². The first-order valence-corrected chi connectivity index (χ1v) is 16.3. The predicted molar refractivity (Wildman–Crippen MR) is 156 cm³/mol. The summed E-state index contributed by atoms with van der Waals surface area (Å²) in [6.45, 7) is 9.40. The highest BCUT2D eigenvalue weighted by Gasteiger charge is 2.66. The van der Waals surface area contributed by atoms with E-state index in [1.165, 1.54) is 0 Å². The molecule has 0 aromatic heterocycles. The minimum absolute atomic E-state index is 0.0309. The van der Waals surface area contributed by atoms with E-state index in [9.17, 15) is 40.5 Å². The van der Waals surface area contributed by atoms with Crippen molar-refractivity contribution in [2.45, 2.75) is 147 Å². The lowest BCUT2D eigenvalue weighted by Gasteiger charge is -2.59. The second kappa shape index (κ2) is 11.7. The van der Waals surface area contributed by atoms with Crippen LogP contribution in [0.25, 0.3) is 0 Å². The van der Waals surface area contributed by atoms with Crippen LogP contribution in [-0.2, 0) is 14.3 Å². The molecule has 0 bridgehead atoms. The van der Waals surface area contributed by atoms with E-state index in [-0.39, 0.29) is 34.9 Å². The standard InChI is InChI=1S/C33H54O10/c1-17(23(36)9-10-30(2,3)43-29-28(40)27(39)26(38)25(16-34)42-29)19-8-13-33(41)21-15-24(37)22-14-18(35)6-11-31(22,4)20(21)7-12-32(19,33)5/h15,17-20,22-23,25-29,34-36,38-41H,6-14,16H2,1-5H3/t17-,18-,19?,20?,22-,23+,25+,26+,27-,28+,29-,31+,32+,33+/m0/s1. The van der Waals surface area contributed by atoms with Gasteiger partial charge in [0.25, 0.3) is 0 Å². The summed E-state index contributed by atoms with van der Waals surface area (Å²) in [4.78, 5) is 13.4. The van der Waals surface area contributed by atoms with Crippen molar-refractivity contribution in [1.29, 1.82) is 0 Å². The second-order valence-electron chi connectivity index (χ2n) is 15.5. The van der Waals surface area contributed by atoms with E-state index in [1.807, 2.05) is 6.92 Å². The topological polar surface area (TPSA) is 177 Å². The zero-order valence-corrected chi connectivity index (χ0v) is 26.4. The fourth-order valence-corrected chi connectivity index (χ4v) is 9.77. The lowest BCUT2D eigenvalue weighted by atomic mass is 9.46. The Morgan fingerprint density at radius 1 is 1.02 bits per heavy atom. The van der Waals surface area contributed by atoms with Gasteiger partial charge in [0.2, 0.25) is 0 Å². The van der Waals surface area contributed by atoms with Crippen LogP contribution in [0.3, 0.4) is 0 Å². The maximum absolute atomic E-state index is 13.4. The average molecular weight is 611 g/mol. The summed E-state index contributed by atoms with van der Waals surface area (Å²) in [6.07, 6.45) is -0.486. The van der Waals surface area contributed by atoms with Gasteiger partial charge in [-0.2, -0.15) is 0 Å². The number of hydrogen-bond acceptors (Lipinski definition) is 10. The Labute approximate surface area is 255 Å². The third-order valence-corrected chi connectivity index (χ3v) is 12.7. The Balaban J connectivity index is 1.26. The van der Waals surface area contributed by atoms with Crippen LogP contribution in [0.2, 0.25) is 0 Å². The van der Waals surface area contributed by atoms with E-state index < -0.39 is 66.1 Å². The molecule has 0 aromatic rings. The Hall–Kier alpha value is -0.950. The fraction of sp³-hybridized carbons (Fsp3) is 0.909. The predicted octanol–water partition coefficient (Wildman–Crippen LogP) is 1.59. The Morgan fingerprint density at radius 3 is 2.40 bits per heavy atom. The molecule has 4 fully saturated rings. The van der Waals surface area contributed by atoms with Gasteiger partial charge in [-0.1, -0.05) is 20.8 Å². The number of hydrogen-bond donors (Lipinski definition) is 7. The van der Waals surface area contributed by atoms with E-state index in [0.717, 1.165) is 31.3 Å². The average Bonchev–Trinajstić information content (AvgIpc) is 3.24. The summed E-state index contributed by atoms with van der Waals surface area (Å²) in [6, 6.07) is 0. The zero-order chi connectivity index (χ0) is 31.7. The Kier molecular flexibility index (Phi) is 9.08. The van der Waals surface area contributed by atoms with E-state index in [0.29, 0.717) is 32.1 Å². The smallest absolute Gasteiger partial charge is 0.187 e. The SMILES string of the molecule is C[C@@H](C1CC[C@@]2(O)C3=CC(=O)[C@@H]4C[C@@H](O)CC[C@]4(C)C3CC[C@]12C)[C@H](O)CCC(C)(C)O[C@@H]1O[C@H](CO)[C@@H](O)[C@H](O)[C@H]1O. The highest BCUT2D eigenvalue weighted by molar-refractivity contribution is 5.95. The number of aliphatic hydroxyl groups is 7. The van der Waals surface area contributed by atoms with Gasteiger partial charge < -0.3 is 45.2 Å². The lowest BCUT2D eigenvalue weighted by Crippen LogP contribution is -2.60. The molecule has 0 amide bonds. The maximum Gasteiger partial charge on any atom is 0.187 e. The molecule has 1 saturated heterocycles. The molecule has 5 aliphatic rings. The minimum atomic E-state index is -1.53. The van der Waals surface area contributed by atoms with Crippen molar-refractivity contribution in [3.63, 3.8) is 0 Å². The Bertz CT molecular complexity index is 1080. The monoisotopic (exact) mass is 610 g/mol. The molecule has 10 nitrogen and oxygen atoms in total. The van der Waals surface area contributed by atoms with Crippen molar-refractivity contribution >= 4 is 5.78 Å². The van der Waals surface area contributed by atoms with Gasteiger partial charge in [-0.3, -0.25) is 4.79 Å². The van der Waals surface area contributed by atoms with Gasteiger partial charge in [-0.15, -0.1) is 0 Å². The van der Waals surface area contributed by atoms with E-state index >= 15 is 0 Å². The number of rotatable bonds is 8. The zero-order valence-electron chi connectivity index (χ0n) is 26.4. The van der Waals surface area contributed by atoms with Gasteiger partial charge in [-0.25, -0.2) is 0 Å². The molecule has 4 aliphatic carbocycles. The van der Waals surface area contributed by atoms with Crippen LogP contribution in [0.1, 0.15) is 92.4 Å². The second-order valence-corrected chi connectivity index (χ2v) is 15.5. The normalized spacial score (nSPS) is 48.1. The van der Waals surface area contributed by atoms with Crippen molar-refractivity contribution in [1.82, 2.24) is 0 Å². The van der Waals surface area contributed by atoms with Crippen molar-refractivity contribution in [2.24, 2.45) is 34.5 Å². The largest absolute Gasteiger partial charge is 0.394 e. The molecule has 3 saturated carbocycles. The number of carbonyl (C=O) groups is 1. The number of allylic oxidation sites excluding steroid dienone is 1. The van der Waals surface area contributed by atoms with Gasteiger partial charge >= 0.3 is 0 Å². The van der Waals surface area contributed by atoms with Crippen LogP contribution in [-0.4, -0.2) is 102 Å². The van der Waals surface area contributed by atoms with Crippen LogP contribution in [0.5, 0.6) is 0 Å². The first kappa shape index (κ1) is 33.4. The summed E-state index contributed by atoms with van der Waals surface area (Å²) in [5.41, 5.74) is -1.85. The molecule has 0 aromatic carbocycles. The van der Waals surface area contributed by atoms with Gasteiger partial charge in [0.1, 0.15) is 24.4 Å². The van der Waals surface area contributed by atoms with Gasteiger partial charge in [-0.05, 0) is 106 Å². The summed E-state index contributed by atoms with van der Waals surface area (Å²) in [7, 11) is 0. The molecule has 246 valence electrons. The first-order valence-electron chi connectivity index (χ1n) is 16.3. The third-order valence-electron chi connectivity index (χ3n) is 12.7. The summed E-state index contributed by atoms with van der Waals surface area (Å²) >= 11 is 0. The van der Waals surface area contributed by atoms with Crippen molar-refractivity contribution in [2.75, 3.05) is 6.61 Å². The number of aliphatic hydroxyl groups excluding tert-OH is 6. The minimum Gasteiger partial charge on any atom is -0.394 e. The number of carbonyl (C=O) groups excluding carboxylic acids is 1. The summed E-state index contributed by atoms with van der Waals surface area (Å²) in [5, 5.41) is 74.2. The lowest BCUT2D eigenvalue weighted by molar-refractivity contribution is -0.324. The van der Waals surface area contributed by atoms with Crippen LogP contribution in [0.4, 0.5) is 0 Å². The highest BCUT2D eigenvalue weighted by Crippen LogP contribution is 2.68. The molecule has 7 N–H and O–H groups in total. The molecular formula is C33H54O10. The summed E-state index contributed by atoms with van der Waals surface area (Å²) < 4.78 is 11.5. The van der Waals surface area contributed by atoms with E-state index in [2.05, 4.69) is 13.8 Å². The molecule has 0 spiro atoms. The number of ketones is 1. The number of ether oxygens (including phenoxy) is 2. The number of fused-ring (bicyclic) bond motifs is 5. The third kappa shape index (κ3) is 5.46. The molecular weight excluding hydrogens is 556 g/mol. The van der Waals surface area contributed by atoms with Gasteiger partial charge in [0.15, 0.2) is 12.1 Å². The molecule has 1 heterocycles. The highest BCUT2D eigenvalue weighted by atomic mass is 16.7. The van der Waals surface area contributed by atoms with Crippen molar-refractivity contribution < 1.29 is 50.0 Å². The first-order chi connectivity index (χ1) is 20.0. The molecule has 1 aliphatic heterocycles. The fourth-order valence-electron chi connectivity index (χ4n) is 9.77. The molecule has 0 radical (unpaired) electrons. The molecule has 5 rings (SSSR count). The van der Waals surface area contributed by atoms with Crippen LogP contribution in [0.15, 0.2) is 11.6 Å². The van der Waals surface area contributed by atoms with Crippen LogP contribution in [0, 0.1) is 34.5 Å². The van der Waals surface area contributed by atoms with Crippen LogP contribution >= 0.6 is 0 Å². The van der Waals surface area contributed by atoms with E-state index in [4.69, 9.17) is 9.47 Å². The quantitative estimate of drug-likeness (QED) is 0.214. The molecule has 10 heteroatoms. The molecule has 2 unspecified atom stereocenters.